The molecule has 1 aromatic heterocycles. The van der Waals surface area contributed by atoms with Gasteiger partial charge in [0.05, 0.1) is 18.3 Å². The van der Waals surface area contributed by atoms with Crippen LogP contribution in [0.5, 0.6) is 5.75 Å². The Morgan fingerprint density at radius 2 is 2.05 bits per heavy atom. The van der Waals surface area contributed by atoms with Gasteiger partial charge in [0.1, 0.15) is 24.2 Å². The van der Waals surface area contributed by atoms with E-state index in [2.05, 4.69) is 17.2 Å². The van der Waals surface area contributed by atoms with Crippen LogP contribution < -0.4 is 9.30 Å². The number of thiazole rings is 1. The fourth-order valence-electron chi connectivity index (χ4n) is 1.70. The Morgan fingerprint density at radius 3 is 2.76 bits per heavy atom. The maximum absolute atomic E-state index is 8.96. The number of ether oxygens (including phenoxy) is 1. The van der Waals surface area contributed by atoms with Crippen LogP contribution in [-0.2, 0) is 6.54 Å². The average Bonchev–Trinajstić information content (AvgIpc) is 2.94. The zero-order valence-electron chi connectivity index (χ0n) is 12.1. The lowest BCUT2D eigenvalue weighted by Gasteiger charge is -2.03. The SMILES string of the molecule is CCCCOc1ccc(N=Nc2scc[n+]2CCO)cc1. The zero-order chi connectivity index (χ0) is 14.9. The monoisotopic (exact) mass is 306 g/mol. The number of nitrogens with zero attached hydrogens (tertiary/aromatic N) is 3. The predicted octanol–water partition coefficient (Wildman–Crippen LogP) is 3.62. The van der Waals surface area contributed by atoms with E-state index in [9.17, 15) is 0 Å². The summed E-state index contributed by atoms with van der Waals surface area (Å²) in [7, 11) is 0. The Bertz CT molecular complexity index is 567. The lowest BCUT2D eigenvalue weighted by molar-refractivity contribution is -0.681. The smallest absolute Gasteiger partial charge is 0.408 e. The number of benzene rings is 1. The summed E-state index contributed by atoms with van der Waals surface area (Å²) in [5.41, 5.74) is 0.779. The summed E-state index contributed by atoms with van der Waals surface area (Å²) < 4.78 is 7.47. The van der Waals surface area contributed by atoms with Gasteiger partial charge < -0.3 is 9.84 Å². The van der Waals surface area contributed by atoms with Gasteiger partial charge in [-0.15, -0.1) is 0 Å². The van der Waals surface area contributed by atoms with E-state index in [1.807, 2.05) is 40.4 Å². The average molecular weight is 306 g/mol. The van der Waals surface area contributed by atoms with Crippen LogP contribution >= 0.6 is 11.3 Å². The van der Waals surface area contributed by atoms with Crippen LogP contribution in [0, 0.1) is 0 Å². The van der Waals surface area contributed by atoms with Gasteiger partial charge in [-0.1, -0.05) is 13.3 Å². The number of aromatic nitrogens is 1. The normalized spacial score (nSPS) is 11.1. The van der Waals surface area contributed by atoms with Crippen molar-refractivity contribution in [2.24, 2.45) is 10.2 Å². The van der Waals surface area contributed by atoms with E-state index < -0.39 is 0 Å². The molecular weight excluding hydrogens is 286 g/mol. The summed E-state index contributed by atoms with van der Waals surface area (Å²) in [6, 6.07) is 7.57. The van der Waals surface area contributed by atoms with Gasteiger partial charge in [0.25, 0.3) is 0 Å². The van der Waals surface area contributed by atoms with E-state index in [1.165, 1.54) is 11.3 Å². The molecule has 0 aliphatic heterocycles. The molecule has 0 unspecified atom stereocenters. The minimum atomic E-state index is 0.0910. The molecule has 0 aliphatic rings. The number of aliphatic hydroxyl groups is 1. The summed E-state index contributed by atoms with van der Waals surface area (Å²) in [6.07, 6.45) is 4.07. The molecule has 0 spiro atoms. The molecule has 0 radical (unpaired) electrons. The van der Waals surface area contributed by atoms with Gasteiger partial charge in [-0.3, -0.25) is 0 Å². The molecule has 0 atom stereocenters. The van der Waals surface area contributed by atoms with Crippen molar-refractivity contribution >= 4 is 22.2 Å². The van der Waals surface area contributed by atoms with Gasteiger partial charge in [0, 0.05) is 5.38 Å². The van der Waals surface area contributed by atoms with Gasteiger partial charge in [-0.2, -0.15) is 0 Å². The van der Waals surface area contributed by atoms with E-state index in [4.69, 9.17) is 9.84 Å². The van der Waals surface area contributed by atoms with Crippen LogP contribution in [-0.4, -0.2) is 18.3 Å². The maximum Gasteiger partial charge on any atom is 0.408 e. The molecule has 2 aromatic rings. The van der Waals surface area contributed by atoms with Crippen molar-refractivity contribution < 1.29 is 14.4 Å². The second kappa shape index (κ2) is 8.49. The second-order valence-corrected chi connectivity index (χ2v) is 5.37. The molecule has 0 bridgehead atoms. The van der Waals surface area contributed by atoms with Crippen molar-refractivity contribution in [3.63, 3.8) is 0 Å². The van der Waals surface area contributed by atoms with Crippen LogP contribution in [0.4, 0.5) is 10.8 Å². The molecule has 1 aromatic carbocycles. The number of hydrogen-bond acceptors (Lipinski definition) is 5. The number of aliphatic hydroxyl groups excluding tert-OH is 1. The zero-order valence-corrected chi connectivity index (χ0v) is 12.9. The molecule has 0 fully saturated rings. The molecule has 0 amide bonds. The lowest BCUT2D eigenvalue weighted by atomic mass is 10.3. The molecule has 112 valence electrons. The van der Waals surface area contributed by atoms with Crippen molar-refractivity contribution in [3.05, 3.63) is 35.8 Å². The van der Waals surface area contributed by atoms with Gasteiger partial charge in [-0.25, -0.2) is 4.57 Å². The molecule has 0 saturated heterocycles. The molecule has 1 heterocycles. The highest BCUT2D eigenvalue weighted by atomic mass is 32.1. The standard InChI is InChI=1S/C15H20N3O2S/c1-2-3-11-20-14-6-4-13(5-7-14)16-17-15-18(8-10-19)9-12-21-15/h4-7,9,12,19H,2-3,8,10-11H2,1H3/q+1. The van der Waals surface area contributed by atoms with E-state index in [-0.39, 0.29) is 6.61 Å². The molecule has 0 aliphatic carbocycles. The second-order valence-electron chi connectivity index (χ2n) is 4.50. The number of azo groups is 1. The van der Waals surface area contributed by atoms with Crippen LogP contribution in [0.2, 0.25) is 0 Å². The van der Waals surface area contributed by atoms with Crippen molar-refractivity contribution in [2.45, 2.75) is 26.3 Å². The van der Waals surface area contributed by atoms with E-state index in [0.29, 0.717) is 6.54 Å². The molecule has 6 heteroatoms. The van der Waals surface area contributed by atoms with Crippen molar-refractivity contribution in [1.29, 1.82) is 0 Å². The molecule has 21 heavy (non-hydrogen) atoms. The largest absolute Gasteiger partial charge is 0.494 e. The quantitative estimate of drug-likeness (QED) is 0.460. The molecule has 0 saturated carbocycles. The summed E-state index contributed by atoms with van der Waals surface area (Å²) in [6.45, 7) is 3.50. The van der Waals surface area contributed by atoms with Crippen molar-refractivity contribution in [3.8, 4) is 5.75 Å². The molecule has 2 rings (SSSR count). The van der Waals surface area contributed by atoms with E-state index in [1.54, 1.807) is 0 Å². The highest BCUT2D eigenvalue weighted by Gasteiger charge is 2.10. The van der Waals surface area contributed by atoms with Gasteiger partial charge >= 0.3 is 5.13 Å². The highest BCUT2D eigenvalue weighted by molar-refractivity contribution is 7.12. The molecule has 5 nitrogen and oxygen atoms in total. The van der Waals surface area contributed by atoms with E-state index >= 15 is 0 Å². The summed E-state index contributed by atoms with van der Waals surface area (Å²) in [4.78, 5) is 0. The third-order valence-electron chi connectivity index (χ3n) is 2.86. The number of hydrogen-bond donors (Lipinski definition) is 1. The predicted molar refractivity (Wildman–Crippen MR) is 82.6 cm³/mol. The Hall–Kier alpha value is -1.79. The summed E-state index contributed by atoms with van der Waals surface area (Å²) in [5.74, 6) is 0.855. The van der Waals surface area contributed by atoms with Gasteiger partial charge in [0.2, 0.25) is 0 Å². The number of rotatable bonds is 8. The first-order valence-electron chi connectivity index (χ1n) is 7.06. The first-order chi connectivity index (χ1) is 10.3. The molecular formula is C15H20N3O2S+. The first-order valence-corrected chi connectivity index (χ1v) is 7.94. The fourth-order valence-corrected chi connectivity index (χ4v) is 2.40. The Kier molecular flexibility index (Phi) is 6.30. The fraction of sp³-hybridized carbons (Fsp3) is 0.400. The third-order valence-corrected chi connectivity index (χ3v) is 3.64. The Balaban J connectivity index is 1.96. The first kappa shape index (κ1) is 15.6. The Morgan fingerprint density at radius 1 is 1.24 bits per heavy atom. The molecule has 1 N–H and O–H groups in total. The van der Waals surface area contributed by atoms with Crippen LogP contribution in [0.3, 0.4) is 0 Å². The number of unbranched alkanes of at least 4 members (excludes halogenated alkanes) is 1. The lowest BCUT2D eigenvalue weighted by Crippen LogP contribution is -2.32. The van der Waals surface area contributed by atoms with Crippen molar-refractivity contribution in [2.75, 3.05) is 13.2 Å². The maximum atomic E-state index is 8.96. The third kappa shape index (κ3) is 4.91. The summed E-state index contributed by atoms with van der Waals surface area (Å²) >= 11 is 1.49. The van der Waals surface area contributed by atoms with E-state index in [0.717, 1.165) is 36.0 Å². The van der Waals surface area contributed by atoms with Gasteiger partial charge in [0.15, 0.2) is 0 Å². The topological polar surface area (TPSA) is 58.1 Å². The van der Waals surface area contributed by atoms with Gasteiger partial charge in [-0.05, 0) is 47.1 Å². The van der Waals surface area contributed by atoms with Crippen molar-refractivity contribution in [1.82, 2.24) is 0 Å². The van der Waals surface area contributed by atoms with Crippen LogP contribution in [0.25, 0.3) is 0 Å². The van der Waals surface area contributed by atoms with Crippen LogP contribution in [0.15, 0.2) is 46.1 Å². The summed E-state index contributed by atoms with van der Waals surface area (Å²) in [5, 5.41) is 20.1. The minimum Gasteiger partial charge on any atom is -0.494 e. The Labute approximate surface area is 128 Å². The highest BCUT2D eigenvalue weighted by Crippen LogP contribution is 2.21. The minimum absolute atomic E-state index is 0.0910. The van der Waals surface area contributed by atoms with Crippen LogP contribution in [0.1, 0.15) is 19.8 Å².